The minimum Gasteiger partial charge on any atom is -0.309 e. The number of fused-ring (bicyclic) bond motifs is 8. The number of pyridine rings is 2. The molecule has 3 aliphatic heterocycles. The van der Waals surface area contributed by atoms with E-state index < -0.39 is 0 Å². The molecule has 14 aromatic rings. The SMILES string of the molecule is C.CC1(C)c2ccccc2Cc2ccccc21.CC1(C)c2ccccc2N(c2ccccc2-c2cncc(C#N)c2B2c3ccccc3B(c3ccccc3)c3ccccc32)c2ccccc21.N#Cc1cncc(-c2ccccc2F)c1B1c2ccccc2B(c2ccccc2)c2ccccc21.PP(P)P(P)P.S=S=S. The molecule has 0 bridgehead atoms. The van der Waals surface area contributed by atoms with Crippen LogP contribution in [0.3, 0.4) is 0 Å². The fourth-order valence-corrected chi connectivity index (χ4v) is 17.0. The Hall–Kier alpha value is -8.85. The Balaban J connectivity index is 0.000000152. The first-order valence-electron chi connectivity index (χ1n) is 36.3. The molecule has 0 saturated carbocycles. The van der Waals surface area contributed by atoms with E-state index in [1.54, 1.807) is 30.7 Å². The number of anilines is 3. The van der Waals surface area contributed by atoms with Crippen LogP contribution in [0.4, 0.5) is 21.5 Å². The van der Waals surface area contributed by atoms with Crippen molar-refractivity contribution in [2.24, 2.45) is 0 Å². The molecule has 540 valence electrons. The highest BCUT2D eigenvalue weighted by Crippen LogP contribution is 2.86. The van der Waals surface area contributed by atoms with Crippen LogP contribution in [-0.2, 0) is 48.5 Å². The van der Waals surface area contributed by atoms with Crippen LogP contribution >= 0.6 is 49.7 Å². The predicted octanol–water partition coefficient (Wildman–Crippen LogP) is 15.8. The lowest BCUT2D eigenvalue weighted by molar-refractivity contribution is 0.610. The average Bonchev–Trinajstić information content (AvgIpc) is 0.729. The minimum absolute atomic E-state index is 0. The highest BCUT2D eigenvalue weighted by molar-refractivity contribution is 8.92. The van der Waals surface area contributed by atoms with Crippen molar-refractivity contribution in [3.8, 4) is 34.4 Å². The maximum Gasteiger partial charge on any atom is 0.242 e. The van der Waals surface area contributed by atoms with Crippen molar-refractivity contribution in [1.82, 2.24) is 9.97 Å². The third-order valence-corrected chi connectivity index (χ3v) is 43.1. The van der Waals surface area contributed by atoms with Crippen molar-refractivity contribution >= 4 is 190 Å². The number of rotatable bonds is 8. The summed E-state index contributed by atoms with van der Waals surface area (Å²) in [6.07, 6.45) is 8.06. The van der Waals surface area contributed by atoms with Crippen LogP contribution in [0.15, 0.2) is 328 Å². The first kappa shape index (κ1) is 80.2. The van der Waals surface area contributed by atoms with Gasteiger partial charge in [-0.3, -0.25) is 9.97 Å². The van der Waals surface area contributed by atoms with Crippen LogP contribution in [0.1, 0.15) is 79.6 Å². The number of para-hydroxylation sites is 3. The molecule has 1 aliphatic carbocycles. The van der Waals surface area contributed by atoms with Crippen LogP contribution in [-0.4, -0.2) is 36.8 Å². The normalized spacial score (nSPS) is 13.1. The first-order chi connectivity index (χ1) is 53.6. The molecule has 2 aromatic heterocycles. The summed E-state index contributed by atoms with van der Waals surface area (Å²) < 4.78 is 15.0. The van der Waals surface area contributed by atoms with Gasteiger partial charge in [-0.05, 0) is 100 Å². The first-order valence-corrected chi connectivity index (χ1v) is 48.9. The van der Waals surface area contributed by atoms with Gasteiger partial charge in [0.05, 0.1) is 28.2 Å². The second kappa shape index (κ2) is 35.9. The van der Waals surface area contributed by atoms with E-state index in [-0.39, 0.29) is 64.9 Å². The number of benzene rings is 12. The van der Waals surface area contributed by atoms with Crippen molar-refractivity contribution in [3.05, 3.63) is 378 Å². The third kappa shape index (κ3) is 16.0. The number of halogens is 1. The topological polar surface area (TPSA) is 76.6 Å². The maximum absolute atomic E-state index is 15.0. The van der Waals surface area contributed by atoms with Crippen molar-refractivity contribution in [1.29, 1.82) is 10.5 Å². The summed E-state index contributed by atoms with van der Waals surface area (Å²) in [6, 6.07) is 111. The Morgan fingerprint density at radius 2 is 0.658 bits per heavy atom. The van der Waals surface area contributed by atoms with E-state index in [0.29, 0.717) is 22.3 Å². The van der Waals surface area contributed by atoms with Gasteiger partial charge in [-0.25, -0.2) is 4.39 Å². The summed E-state index contributed by atoms with van der Waals surface area (Å²) in [5.74, 6) is -0.329. The van der Waals surface area contributed by atoms with E-state index in [9.17, 15) is 10.5 Å². The zero-order valence-corrected chi connectivity index (χ0v) is 70.1. The van der Waals surface area contributed by atoms with Gasteiger partial charge in [-0.1, -0.05) is 369 Å². The second-order valence-electron chi connectivity index (χ2n) is 28.5. The Bertz CT molecular complexity index is 5670. The van der Waals surface area contributed by atoms with Gasteiger partial charge in [-0.2, -0.15) is 10.5 Å². The van der Waals surface area contributed by atoms with Gasteiger partial charge in [0.25, 0.3) is 0 Å². The molecular formula is C92H80B4FN5P6S3. The summed E-state index contributed by atoms with van der Waals surface area (Å²) >= 11 is 8.25. The average molecular weight is 1600 g/mol. The molecule has 0 radical (unpaired) electrons. The van der Waals surface area contributed by atoms with Crippen LogP contribution in [0, 0.1) is 28.5 Å². The monoisotopic (exact) mass is 1600 g/mol. The van der Waals surface area contributed by atoms with Gasteiger partial charge in [-0.15, -0.1) is 35.7 Å². The Morgan fingerprint density at radius 1 is 0.369 bits per heavy atom. The lowest BCUT2D eigenvalue weighted by atomic mass is 9.20. The standard InChI is InChI=1S/C45H33B2N3.C30H19B2FN2.C16H16.CH4.H8P6.S3/c1-45(2)35-19-7-14-26-42(35)50(43-27-15-8-20-36(43)45)41-25-13-6-18-33(41)34-30-49-29-31(28-48)44(34)47-39-23-11-9-21-37(39)46(32-16-4-3-5-17-32)38-22-10-12-24-40(38)47;33-29-17-9-4-12-23(29)24-20-35-19-21(18-34)30(24)32-27-15-7-5-13-25(27)31(22-10-2-1-3-11-22)26-14-6-8-16-28(26)32;1-16(2)14-9-5-3-7-12(14)11-13-8-4-6-10-15(13)16;;1-5(2)6(3)4;1-3-2/h3-27,29-30H,1-2H3;1-17,19-20H;3-10H,11H2,1-2H3;1H4;1-4H2;. The minimum atomic E-state index is -0.329. The molecule has 5 heterocycles. The zero-order chi connectivity index (χ0) is 76.6. The molecule has 0 saturated heterocycles. The quantitative estimate of drug-likeness (QED) is 0.111. The second-order valence-corrected chi connectivity index (χ2v) is 50.1. The van der Waals surface area contributed by atoms with E-state index in [4.69, 9.17) is 4.98 Å². The molecule has 0 N–H and O–H groups in total. The van der Waals surface area contributed by atoms with Crippen LogP contribution in [0.25, 0.3) is 22.3 Å². The van der Waals surface area contributed by atoms with E-state index in [1.807, 2.05) is 30.5 Å². The maximum atomic E-state index is 15.0. The lowest BCUT2D eigenvalue weighted by Crippen LogP contribution is -2.75. The lowest BCUT2D eigenvalue weighted by Gasteiger charge is -2.42. The molecule has 4 aliphatic rings. The molecule has 0 spiro atoms. The highest BCUT2D eigenvalue weighted by Gasteiger charge is 2.44. The molecule has 111 heavy (non-hydrogen) atoms. The molecule has 5 nitrogen and oxygen atoms in total. The van der Waals surface area contributed by atoms with Crippen molar-refractivity contribution in [2.75, 3.05) is 4.90 Å². The summed E-state index contributed by atoms with van der Waals surface area (Å²) in [6.45, 7) is 9.37. The van der Waals surface area contributed by atoms with Crippen LogP contribution in [0.5, 0.6) is 0 Å². The van der Waals surface area contributed by atoms with Gasteiger partial charge in [0.1, 0.15) is 18.0 Å². The van der Waals surface area contributed by atoms with Crippen LogP contribution in [0.2, 0.25) is 0 Å². The van der Waals surface area contributed by atoms with Gasteiger partial charge < -0.3 is 4.90 Å². The third-order valence-electron chi connectivity index (χ3n) is 21.8. The molecule has 0 amide bonds. The van der Waals surface area contributed by atoms with Crippen molar-refractivity contribution in [3.63, 3.8) is 0 Å². The van der Waals surface area contributed by atoms with Crippen molar-refractivity contribution in [2.45, 2.75) is 52.4 Å². The smallest absolute Gasteiger partial charge is 0.242 e. The van der Waals surface area contributed by atoms with E-state index in [0.717, 1.165) is 65.3 Å². The number of hydrogen-bond acceptors (Lipinski definition) is 7. The summed E-state index contributed by atoms with van der Waals surface area (Å²) in [5.41, 5.74) is 29.8. The summed E-state index contributed by atoms with van der Waals surface area (Å²) in [4.78, 5) is 11.4. The molecular weight excluding hydrogens is 1520 g/mol. The fraction of sp³-hybridized carbons (Fsp3) is 0.0870. The molecule has 4 unspecified atom stereocenters. The highest BCUT2D eigenvalue weighted by atomic mass is 33.1. The number of nitriles is 2. The van der Waals surface area contributed by atoms with E-state index >= 15 is 4.39 Å². The Labute approximate surface area is 679 Å². The molecule has 18 rings (SSSR count). The van der Waals surface area contributed by atoms with Crippen molar-refractivity contribution < 1.29 is 4.39 Å². The number of nitrogens with zero attached hydrogens (tertiary/aromatic N) is 5. The zero-order valence-electron chi connectivity index (χ0n) is 61.2. The molecule has 0 fully saturated rings. The number of hydrogen-bond donors (Lipinski definition) is 0. The van der Waals surface area contributed by atoms with Gasteiger partial charge in [0.2, 0.25) is 26.9 Å². The van der Waals surface area contributed by atoms with E-state index in [2.05, 4.69) is 369 Å². The van der Waals surface area contributed by atoms with Gasteiger partial charge in [0.15, 0.2) is 0 Å². The van der Waals surface area contributed by atoms with Gasteiger partial charge in [0, 0.05) is 78.0 Å². The largest absolute Gasteiger partial charge is 0.309 e. The Kier molecular flexibility index (Phi) is 25.9. The van der Waals surface area contributed by atoms with Gasteiger partial charge >= 0.3 is 0 Å². The molecule has 19 heteroatoms. The summed E-state index contributed by atoms with van der Waals surface area (Å²) in [5, 5.41) is 20.9. The predicted molar refractivity (Wildman–Crippen MR) is 502 cm³/mol. The molecule has 12 aromatic carbocycles. The summed E-state index contributed by atoms with van der Waals surface area (Å²) in [7, 11) is 12.1. The Morgan fingerprint density at radius 3 is 1.03 bits per heavy atom. The fourth-order valence-electron chi connectivity index (χ4n) is 17.0. The number of aromatic nitrogens is 2. The molecule has 4 atom stereocenters. The van der Waals surface area contributed by atoms with E-state index in [1.165, 1.54) is 83.1 Å². The van der Waals surface area contributed by atoms with Crippen LogP contribution < -0.4 is 70.5 Å².